The first-order valence-electron chi connectivity index (χ1n) is 7.10. The molecule has 22 heavy (non-hydrogen) atoms. The lowest BCUT2D eigenvalue weighted by Gasteiger charge is -2.30. The molecule has 0 saturated carbocycles. The molecule has 1 aromatic carbocycles. The topological polar surface area (TPSA) is 7.94 Å². The summed E-state index contributed by atoms with van der Waals surface area (Å²) in [6.45, 7) is -0.0920. The summed E-state index contributed by atoms with van der Waals surface area (Å²) in [5.74, 6) is 0. The van der Waals surface area contributed by atoms with E-state index in [2.05, 4.69) is 6.58 Å². The van der Waals surface area contributed by atoms with E-state index < -0.39 is 6.97 Å². The van der Waals surface area contributed by atoms with Gasteiger partial charge in [-0.2, -0.15) is 0 Å². The zero-order valence-corrected chi connectivity index (χ0v) is 11.8. The Morgan fingerprint density at radius 1 is 1.14 bits per heavy atom. The number of halogens is 2. The third-order valence-electron chi connectivity index (χ3n) is 4.17. The second kappa shape index (κ2) is 4.40. The van der Waals surface area contributed by atoms with Gasteiger partial charge in [-0.25, -0.2) is 0 Å². The third-order valence-corrected chi connectivity index (χ3v) is 4.17. The molecule has 5 heteroatoms. The molecular formula is C17H13BF2N2. The molecule has 108 valence electrons. The number of hydrogen-bond donors (Lipinski definition) is 0. The van der Waals surface area contributed by atoms with Crippen LogP contribution in [0, 0.1) is 0 Å². The number of aromatic nitrogens is 1. The van der Waals surface area contributed by atoms with Crippen LogP contribution in [0.3, 0.4) is 0 Å². The number of fused-ring (bicyclic) bond motifs is 2. The Bertz CT molecular complexity index is 870. The fourth-order valence-electron chi connectivity index (χ4n) is 3.10. The van der Waals surface area contributed by atoms with Crippen molar-refractivity contribution < 1.29 is 13.1 Å². The molecule has 2 aliphatic rings. The minimum Gasteiger partial charge on any atom is -0.396 e. The van der Waals surface area contributed by atoms with Gasteiger partial charge in [0.2, 0.25) is 0 Å². The SMILES string of the molecule is C=Cc1ccc(C2=C3C=CC=[N+]3[B-](F)(F)n3cccc32)cc1. The molecule has 0 atom stereocenters. The van der Waals surface area contributed by atoms with Crippen LogP contribution in [0.1, 0.15) is 16.8 Å². The molecule has 0 fully saturated rings. The predicted molar refractivity (Wildman–Crippen MR) is 85.8 cm³/mol. The van der Waals surface area contributed by atoms with Crippen molar-refractivity contribution in [2.45, 2.75) is 0 Å². The standard InChI is InChI=1S/C17H13BF2N2/c1-2-13-7-9-14(10-8-13)17-15-5-3-11-21(15)18(19,20)22-12-4-6-16(17)22/h2-12H,1H2. The van der Waals surface area contributed by atoms with Crippen LogP contribution in [0.2, 0.25) is 0 Å². The van der Waals surface area contributed by atoms with Crippen LogP contribution in [0.4, 0.5) is 8.63 Å². The molecule has 0 bridgehead atoms. The summed E-state index contributed by atoms with van der Waals surface area (Å²) < 4.78 is 31.4. The van der Waals surface area contributed by atoms with Gasteiger partial charge in [0.05, 0.1) is 5.57 Å². The highest BCUT2D eigenvalue weighted by Gasteiger charge is 2.51. The molecule has 3 heterocycles. The average molecular weight is 294 g/mol. The molecule has 4 rings (SSSR count). The Morgan fingerprint density at radius 2 is 1.91 bits per heavy atom. The molecule has 0 amide bonds. The van der Waals surface area contributed by atoms with Crippen LogP contribution in [0.25, 0.3) is 11.6 Å². The van der Waals surface area contributed by atoms with E-state index in [0.717, 1.165) is 25.7 Å². The fraction of sp³-hybridized carbons (Fsp3) is 0. The van der Waals surface area contributed by atoms with E-state index in [-0.39, 0.29) is 0 Å². The summed E-state index contributed by atoms with van der Waals surface area (Å²) in [6, 6.07) is 11.2. The van der Waals surface area contributed by atoms with Gasteiger partial charge in [-0.1, -0.05) is 36.9 Å². The van der Waals surface area contributed by atoms with Crippen LogP contribution in [0.15, 0.2) is 67.0 Å². The van der Waals surface area contributed by atoms with E-state index in [9.17, 15) is 8.63 Å². The first-order valence-corrected chi connectivity index (χ1v) is 7.10. The van der Waals surface area contributed by atoms with Crippen molar-refractivity contribution in [1.82, 2.24) is 4.48 Å². The minimum absolute atomic E-state index is 0.544. The third kappa shape index (κ3) is 1.62. The van der Waals surface area contributed by atoms with Gasteiger partial charge < -0.3 is 17.6 Å². The summed E-state index contributed by atoms with van der Waals surface area (Å²) in [7, 11) is 0. The minimum atomic E-state index is -3.83. The van der Waals surface area contributed by atoms with Gasteiger partial charge in [-0.15, -0.1) is 0 Å². The van der Waals surface area contributed by atoms with Crippen LogP contribution in [-0.4, -0.2) is 22.1 Å². The summed E-state index contributed by atoms with van der Waals surface area (Å²) in [5.41, 5.74) is 3.82. The Hall–Kier alpha value is -2.69. The summed E-state index contributed by atoms with van der Waals surface area (Å²) in [6.07, 6.45) is 8.04. The first-order chi connectivity index (χ1) is 10.6. The maximum atomic E-state index is 14.6. The number of rotatable bonds is 2. The molecular weight excluding hydrogens is 281 g/mol. The lowest BCUT2D eigenvalue weighted by molar-refractivity contribution is -0.356. The Morgan fingerprint density at radius 3 is 2.64 bits per heavy atom. The zero-order valence-electron chi connectivity index (χ0n) is 11.8. The molecule has 2 aromatic rings. The van der Waals surface area contributed by atoms with Crippen molar-refractivity contribution in [3.8, 4) is 0 Å². The maximum Gasteiger partial charge on any atom is 0.737 e. The second-order valence-electron chi connectivity index (χ2n) is 5.39. The lowest BCUT2D eigenvalue weighted by Crippen LogP contribution is -2.49. The van der Waals surface area contributed by atoms with Gasteiger partial charge in [0.25, 0.3) is 0 Å². The van der Waals surface area contributed by atoms with Gasteiger partial charge in [0.1, 0.15) is 6.21 Å². The van der Waals surface area contributed by atoms with E-state index >= 15 is 0 Å². The zero-order chi connectivity index (χ0) is 15.3. The quantitative estimate of drug-likeness (QED) is 0.745. The second-order valence-corrected chi connectivity index (χ2v) is 5.39. The molecule has 0 aliphatic carbocycles. The smallest absolute Gasteiger partial charge is 0.396 e. The predicted octanol–water partition coefficient (Wildman–Crippen LogP) is 3.78. The van der Waals surface area contributed by atoms with Gasteiger partial charge in [-0.05, 0) is 29.5 Å². The Labute approximate surface area is 127 Å². The Kier molecular flexibility index (Phi) is 2.60. The van der Waals surface area contributed by atoms with Crippen molar-refractivity contribution >= 4 is 24.8 Å². The van der Waals surface area contributed by atoms with Crippen LogP contribution in [-0.2, 0) is 0 Å². The molecule has 2 aliphatic heterocycles. The van der Waals surface area contributed by atoms with Gasteiger partial charge in [0, 0.05) is 17.8 Å². The van der Waals surface area contributed by atoms with Crippen LogP contribution < -0.4 is 0 Å². The van der Waals surface area contributed by atoms with Gasteiger partial charge in [-0.3, -0.25) is 0 Å². The van der Waals surface area contributed by atoms with Crippen LogP contribution in [0.5, 0.6) is 0 Å². The summed E-state index contributed by atoms with van der Waals surface area (Å²) in [4.78, 5) is 0. The monoisotopic (exact) mass is 294 g/mol. The Balaban J connectivity index is 1.99. The normalized spacial score (nSPS) is 18.0. The van der Waals surface area contributed by atoms with Gasteiger partial charge in [0.15, 0.2) is 5.70 Å². The van der Waals surface area contributed by atoms with E-state index in [1.807, 2.05) is 24.3 Å². The highest BCUT2D eigenvalue weighted by atomic mass is 19.2. The number of allylic oxidation sites excluding steroid dienone is 2. The van der Waals surface area contributed by atoms with E-state index in [4.69, 9.17) is 0 Å². The molecule has 0 N–H and O–H groups in total. The van der Waals surface area contributed by atoms with E-state index in [1.54, 1.807) is 30.4 Å². The average Bonchev–Trinajstić information content (AvgIpc) is 3.18. The molecule has 0 saturated heterocycles. The number of hydrogen-bond acceptors (Lipinski definition) is 0. The lowest BCUT2D eigenvalue weighted by atomic mass is 9.86. The van der Waals surface area contributed by atoms with E-state index in [0.29, 0.717) is 11.4 Å². The largest absolute Gasteiger partial charge is 0.737 e. The number of benzene rings is 1. The fourth-order valence-corrected chi connectivity index (χ4v) is 3.10. The molecule has 2 nitrogen and oxygen atoms in total. The van der Waals surface area contributed by atoms with Crippen molar-refractivity contribution in [2.75, 3.05) is 0 Å². The molecule has 0 spiro atoms. The maximum absolute atomic E-state index is 14.6. The van der Waals surface area contributed by atoms with Gasteiger partial charge >= 0.3 is 6.97 Å². The van der Waals surface area contributed by atoms with Crippen molar-refractivity contribution in [3.63, 3.8) is 0 Å². The number of nitrogens with zero attached hydrogens (tertiary/aromatic N) is 2. The molecule has 0 radical (unpaired) electrons. The summed E-state index contributed by atoms with van der Waals surface area (Å²) in [5, 5.41) is 0. The molecule has 0 unspecified atom stereocenters. The van der Waals surface area contributed by atoms with Crippen LogP contribution >= 0.6 is 0 Å². The summed E-state index contributed by atoms with van der Waals surface area (Å²) >= 11 is 0. The first kappa shape index (κ1) is 13.0. The van der Waals surface area contributed by atoms with Crippen molar-refractivity contribution in [3.05, 3.63) is 83.8 Å². The highest BCUT2D eigenvalue weighted by molar-refractivity contribution is 6.57. The van der Waals surface area contributed by atoms with Crippen molar-refractivity contribution in [1.29, 1.82) is 0 Å². The highest BCUT2D eigenvalue weighted by Crippen LogP contribution is 2.38. The van der Waals surface area contributed by atoms with Crippen molar-refractivity contribution in [2.24, 2.45) is 0 Å². The molecule has 1 aromatic heterocycles. The van der Waals surface area contributed by atoms with E-state index in [1.165, 1.54) is 12.4 Å².